The highest BCUT2D eigenvalue weighted by Crippen LogP contribution is 2.26. The van der Waals surface area contributed by atoms with Gasteiger partial charge in [-0.05, 0) is 37.1 Å². The van der Waals surface area contributed by atoms with Crippen molar-refractivity contribution in [3.05, 3.63) is 64.5 Å². The molecule has 1 heterocycles. The Balaban J connectivity index is 1.71. The van der Waals surface area contributed by atoms with Crippen molar-refractivity contribution in [2.24, 2.45) is 0 Å². The van der Waals surface area contributed by atoms with Gasteiger partial charge >= 0.3 is 0 Å². The highest BCUT2D eigenvalue weighted by Gasteiger charge is 2.18. The van der Waals surface area contributed by atoms with E-state index in [0.29, 0.717) is 5.56 Å². The zero-order valence-corrected chi connectivity index (χ0v) is 15.3. The van der Waals surface area contributed by atoms with Crippen molar-refractivity contribution in [3.8, 4) is 0 Å². The van der Waals surface area contributed by atoms with E-state index in [1.54, 1.807) is 7.05 Å². The molecule has 0 spiro atoms. The van der Waals surface area contributed by atoms with Crippen LogP contribution in [0.4, 0.5) is 5.69 Å². The van der Waals surface area contributed by atoms with Crippen LogP contribution < -0.4 is 5.32 Å². The van der Waals surface area contributed by atoms with Gasteiger partial charge in [0.2, 0.25) is 5.91 Å². The Morgan fingerprint density at radius 2 is 1.84 bits per heavy atom. The minimum absolute atomic E-state index is 0.0103. The first-order valence-corrected chi connectivity index (χ1v) is 8.93. The summed E-state index contributed by atoms with van der Waals surface area (Å²) < 4.78 is 1.07. The maximum atomic E-state index is 12.7. The minimum atomic E-state index is -0.205. The van der Waals surface area contributed by atoms with Crippen LogP contribution in [0.5, 0.6) is 0 Å². The number of benzene rings is 2. The van der Waals surface area contributed by atoms with E-state index in [1.807, 2.05) is 61.7 Å². The zero-order valence-electron chi connectivity index (χ0n) is 14.5. The number of thiophene rings is 1. The molecular weight excluding hydrogens is 332 g/mol. The molecule has 0 aliphatic heterocycles. The van der Waals surface area contributed by atoms with Gasteiger partial charge in [0.15, 0.2) is 0 Å². The van der Waals surface area contributed by atoms with Crippen LogP contribution in [0.1, 0.15) is 21.5 Å². The summed E-state index contributed by atoms with van der Waals surface area (Å²) in [5.74, 6) is -0.349. The first-order chi connectivity index (χ1) is 12.0. The van der Waals surface area contributed by atoms with Crippen LogP contribution >= 0.6 is 11.3 Å². The fraction of sp³-hybridized carbons (Fsp3) is 0.200. The predicted octanol–water partition coefficient (Wildman–Crippen LogP) is 4.23. The molecule has 25 heavy (non-hydrogen) atoms. The molecule has 5 heteroatoms. The maximum absolute atomic E-state index is 12.7. The molecule has 3 rings (SSSR count). The number of nitrogens with zero attached hydrogens (tertiary/aromatic N) is 1. The molecule has 0 unspecified atom stereocenters. The molecule has 0 radical (unpaired) electrons. The lowest BCUT2D eigenvalue weighted by Gasteiger charge is -2.17. The summed E-state index contributed by atoms with van der Waals surface area (Å²) >= 11 is 1.54. The molecule has 3 aromatic rings. The van der Waals surface area contributed by atoms with E-state index >= 15 is 0 Å². The third kappa shape index (κ3) is 3.56. The Morgan fingerprint density at radius 1 is 1.08 bits per heavy atom. The molecule has 0 saturated heterocycles. The van der Waals surface area contributed by atoms with Crippen molar-refractivity contribution in [2.75, 3.05) is 18.9 Å². The van der Waals surface area contributed by atoms with E-state index in [1.165, 1.54) is 16.2 Å². The van der Waals surface area contributed by atoms with E-state index in [9.17, 15) is 9.59 Å². The van der Waals surface area contributed by atoms with Gasteiger partial charge in [-0.2, -0.15) is 0 Å². The fourth-order valence-corrected chi connectivity index (χ4v) is 3.65. The van der Waals surface area contributed by atoms with Crippen molar-refractivity contribution in [3.63, 3.8) is 0 Å². The molecule has 4 nitrogen and oxygen atoms in total. The average Bonchev–Trinajstić information content (AvgIpc) is 3.02. The van der Waals surface area contributed by atoms with Gasteiger partial charge in [-0.3, -0.25) is 9.59 Å². The molecule has 0 atom stereocenters. The number of fused-ring (bicyclic) bond motifs is 1. The molecule has 0 fully saturated rings. The van der Waals surface area contributed by atoms with Gasteiger partial charge in [0, 0.05) is 28.2 Å². The first kappa shape index (κ1) is 17.2. The molecule has 1 aromatic heterocycles. The van der Waals surface area contributed by atoms with Crippen LogP contribution in [0.15, 0.2) is 47.8 Å². The molecule has 0 aliphatic rings. The maximum Gasteiger partial charge on any atom is 0.255 e. The SMILES string of the molecule is Cc1cccc(NC(=O)CN(C)C(=O)c2csc3ccccc23)c1C. The topological polar surface area (TPSA) is 49.4 Å². The van der Waals surface area contributed by atoms with E-state index in [0.717, 1.165) is 26.9 Å². The number of aryl methyl sites for hydroxylation is 1. The quantitative estimate of drug-likeness (QED) is 0.764. The molecule has 0 bridgehead atoms. The van der Waals surface area contributed by atoms with Gasteiger partial charge in [0.25, 0.3) is 5.91 Å². The Bertz CT molecular complexity index is 946. The molecule has 128 valence electrons. The normalized spacial score (nSPS) is 10.7. The Kier molecular flexibility index (Phi) is 4.86. The predicted molar refractivity (Wildman–Crippen MR) is 103 cm³/mol. The molecule has 2 amide bonds. The third-order valence-electron chi connectivity index (χ3n) is 4.32. The third-order valence-corrected chi connectivity index (χ3v) is 5.28. The lowest BCUT2D eigenvalue weighted by atomic mass is 10.1. The first-order valence-electron chi connectivity index (χ1n) is 8.05. The summed E-state index contributed by atoms with van der Waals surface area (Å²) in [7, 11) is 1.65. The van der Waals surface area contributed by atoms with Crippen molar-refractivity contribution >= 4 is 38.9 Å². The van der Waals surface area contributed by atoms with Gasteiger partial charge in [-0.25, -0.2) is 0 Å². The minimum Gasteiger partial charge on any atom is -0.332 e. The van der Waals surface area contributed by atoms with Crippen molar-refractivity contribution in [1.29, 1.82) is 0 Å². The second-order valence-corrected chi connectivity index (χ2v) is 7.01. The number of amides is 2. The number of likely N-dealkylation sites (N-methyl/N-ethyl adjacent to an activating group) is 1. The van der Waals surface area contributed by atoms with Crippen molar-refractivity contribution in [1.82, 2.24) is 4.90 Å². The van der Waals surface area contributed by atoms with Gasteiger partial charge in [0.05, 0.1) is 12.1 Å². The number of hydrogen-bond acceptors (Lipinski definition) is 3. The number of anilines is 1. The summed E-state index contributed by atoms with van der Waals surface area (Å²) in [5, 5.41) is 5.67. The number of hydrogen-bond donors (Lipinski definition) is 1. The Morgan fingerprint density at radius 3 is 2.64 bits per heavy atom. The summed E-state index contributed by atoms with van der Waals surface area (Å²) in [5.41, 5.74) is 3.58. The lowest BCUT2D eigenvalue weighted by molar-refractivity contribution is -0.116. The van der Waals surface area contributed by atoms with Crippen molar-refractivity contribution in [2.45, 2.75) is 13.8 Å². The molecule has 1 N–H and O–H groups in total. The van der Waals surface area contributed by atoms with E-state index in [2.05, 4.69) is 5.32 Å². The van der Waals surface area contributed by atoms with Crippen LogP contribution in [0.3, 0.4) is 0 Å². The smallest absolute Gasteiger partial charge is 0.255 e. The van der Waals surface area contributed by atoms with Gasteiger partial charge in [-0.15, -0.1) is 11.3 Å². The number of nitrogens with one attached hydrogen (secondary N) is 1. The summed E-state index contributed by atoms with van der Waals surface area (Å²) in [6.07, 6.45) is 0. The van der Waals surface area contributed by atoms with Crippen LogP contribution in [-0.4, -0.2) is 30.3 Å². The highest BCUT2D eigenvalue weighted by atomic mass is 32.1. The second-order valence-electron chi connectivity index (χ2n) is 6.10. The van der Waals surface area contributed by atoms with Crippen molar-refractivity contribution < 1.29 is 9.59 Å². The van der Waals surface area contributed by atoms with Crippen LogP contribution in [0, 0.1) is 13.8 Å². The largest absolute Gasteiger partial charge is 0.332 e. The second kappa shape index (κ2) is 7.07. The summed E-state index contributed by atoms with van der Waals surface area (Å²) in [4.78, 5) is 26.5. The summed E-state index contributed by atoms with van der Waals surface area (Å²) in [6.45, 7) is 3.98. The van der Waals surface area contributed by atoms with E-state index < -0.39 is 0 Å². The van der Waals surface area contributed by atoms with Gasteiger partial charge < -0.3 is 10.2 Å². The summed E-state index contributed by atoms with van der Waals surface area (Å²) in [6, 6.07) is 13.6. The van der Waals surface area contributed by atoms with E-state index in [4.69, 9.17) is 0 Å². The van der Waals surface area contributed by atoms with Crippen LogP contribution in [0.2, 0.25) is 0 Å². The highest BCUT2D eigenvalue weighted by molar-refractivity contribution is 7.17. The standard InChI is InChI=1S/C20H20N2O2S/c1-13-7-6-9-17(14(13)2)21-19(23)11-22(3)20(24)16-12-25-18-10-5-4-8-15(16)18/h4-10,12H,11H2,1-3H3,(H,21,23). The molecule has 0 aliphatic carbocycles. The van der Waals surface area contributed by atoms with Crippen LogP contribution in [-0.2, 0) is 4.79 Å². The van der Waals surface area contributed by atoms with Crippen LogP contribution in [0.25, 0.3) is 10.1 Å². The van der Waals surface area contributed by atoms with Gasteiger partial charge in [0.1, 0.15) is 0 Å². The number of carbonyl (C=O) groups is 2. The Labute approximate surface area is 151 Å². The average molecular weight is 352 g/mol. The Hall–Kier alpha value is -2.66. The number of carbonyl (C=O) groups excluding carboxylic acids is 2. The molecule has 0 saturated carbocycles. The van der Waals surface area contributed by atoms with Gasteiger partial charge in [-0.1, -0.05) is 30.3 Å². The monoisotopic (exact) mass is 352 g/mol. The van der Waals surface area contributed by atoms with E-state index in [-0.39, 0.29) is 18.4 Å². The lowest BCUT2D eigenvalue weighted by Crippen LogP contribution is -2.35. The zero-order chi connectivity index (χ0) is 18.0. The molecular formula is C20H20N2O2S. The number of rotatable bonds is 4. The fourth-order valence-electron chi connectivity index (χ4n) is 2.71. The molecule has 2 aromatic carbocycles.